The molecular formula is C56H39NS. The molecule has 0 amide bonds. The van der Waals surface area contributed by atoms with Crippen molar-refractivity contribution >= 4 is 59.3 Å². The molecule has 1 aromatic heterocycles. The van der Waals surface area contributed by atoms with Gasteiger partial charge in [0.25, 0.3) is 0 Å². The maximum absolute atomic E-state index is 2.52. The van der Waals surface area contributed by atoms with Crippen molar-refractivity contribution in [2.24, 2.45) is 0 Å². The fourth-order valence-corrected chi connectivity index (χ4v) is 12.0. The molecule has 2 heteroatoms. The van der Waals surface area contributed by atoms with Gasteiger partial charge in [0.1, 0.15) is 0 Å². The van der Waals surface area contributed by atoms with Crippen LogP contribution in [0.2, 0.25) is 0 Å². The smallest absolute Gasteiger partial charge is 0.0714 e. The van der Waals surface area contributed by atoms with Gasteiger partial charge in [-0.25, -0.2) is 0 Å². The van der Waals surface area contributed by atoms with Crippen LogP contribution in [0.4, 0.5) is 17.1 Å². The normalized spacial score (nSPS) is 14.3. The van der Waals surface area contributed by atoms with E-state index in [1.807, 2.05) is 11.3 Å². The third kappa shape index (κ3) is 4.41. The zero-order valence-electron chi connectivity index (χ0n) is 32.4. The van der Waals surface area contributed by atoms with Gasteiger partial charge in [-0.1, -0.05) is 178 Å². The Morgan fingerprint density at radius 2 is 1.02 bits per heavy atom. The van der Waals surface area contributed by atoms with Crippen molar-refractivity contribution in [2.75, 3.05) is 4.90 Å². The Labute approximate surface area is 343 Å². The molecule has 9 aromatic carbocycles. The highest BCUT2D eigenvalue weighted by Crippen LogP contribution is 2.60. The van der Waals surface area contributed by atoms with Crippen molar-refractivity contribution in [3.8, 4) is 22.3 Å². The number of rotatable bonds is 5. The lowest BCUT2D eigenvalue weighted by Crippen LogP contribution is -2.28. The maximum atomic E-state index is 2.52. The Bertz CT molecular complexity index is 3210. The lowest BCUT2D eigenvalue weighted by atomic mass is 9.67. The molecule has 0 saturated carbocycles. The first-order valence-electron chi connectivity index (χ1n) is 20.3. The summed E-state index contributed by atoms with van der Waals surface area (Å²) in [5.74, 6) is 0. The Kier molecular flexibility index (Phi) is 7.13. The van der Waals surface area contributed by atoms with E-state index >= 15 is 0 Å². The van der Waals surface area contributed by atoms with Crippen LogP contribution in [0.25, 0.3) is 53.2 Å². The molecule has 0 N–H and O–H groups in total. The van der Waals surface area contributed by atoms with Crippen LogP contribution in [-0.2, 0) is 10.8 Å². The lowest BCUT2D eigenvalue weighted by Gasteiger charge is -2.35. The van der Waals surface area contributed by atoms with Gasteiger partial charge < -0.3 is 4.90 Å². The van der Waals surface area contributed by atoms with Crippen LogP contribution in [0.5, 0.6) is 0 Å². The average molecular weight is 758 g/mol. The third-order valence-electron chi connectivity index (χ3n) is 13.1. The van der Waals surface area contributed by atoms with Gasteiger partial charge in [0.15, 0.2) is 0 Å². The maximum Gasteiger partial charge on any atom is 0.0714 e. The van der Waals surface area contributed by atoms with Gasteiger partial charge in [0.05, 0.1) is 11.1 Å². The number of fused-ring (bicyclic) bond motifs is 13. The minimum Gasteiger partial charge on any atom is -0.310 e. The van der Waals surface area contributed by atoms with Gasteiger partial charge in [-0.3, -0.25) is 0 Å². The molecule has 2 aliphatic rings. The summed E-state index contributed by atoms with van der Waals surface area (Å²) in [6.45, 7) is 4.86. The summed E-state index contributed by atoms with van der Waals surface area (Å²) in [6.07, 6.45) is 0. The molecule has 0 radical (unpaired) electrons. The number of anilines is 3. The van der Waals surface area contributed by atoms with Crippen molar-refractivity contribution in [2.45, 2.75) is 24.7 Å². The molecule has 10 aromatic rings. The molecule has 0 bridgehead atoms. The molecule has 0 fully saturated rings. The highest BCUT2D eigenvalue weighted by Gasteiger charge is 2.46. The van der Waals surface area contributed by atoms with Crippen molar-refractivity contribution in [3.63, 3.8) is 0 Å². The molecule has 0 spiro atoms. The Morgan fingerprint density at radius 1 is 0.431 bits per heavy atom. The van der Waals surface area contributed by atoms with Crippen molar-refractivity contribution in [3.05, 3.63) is 234 Å². The van der Waals surface area contributed by atoms with Crippen LogP contribution in [0.3, 0.4) is 0 Å². The number of thiophene rings is 1. The highest BCUT2D eigenvalue weighted by molar-refractivity contribution is 7.27. The predicted molar refractivity (Wildman–Crippen MR) is 246 cm³/mol. The van der Waals surface area contributed by atoms with E-state index in [2.05, 4.69) is 219 Å². The molecular weight excluding hydrogens is 719 g/mol. The van der Waals surface area contributed by atoms with Crippen molar-refractivity contribution < 1.29 is 0 Å². The van der Waals surface area contributed by atoms with Crippen molar-refractivity contribution in [1.29, 1.82) is 0 Å². The first kappa shape index (κ1) is 33.4. The summed E-state index contributed by atoms with van der Waals surface area (Å²) >= 11 is 1.94. The van der Waals surface area contributed by atoms with Gasteiger partial charge in [-0.05, 0) is 97.4 Å². The second-order valence-electron chi connectivity index (χ2n) is 16.4. The molecule has 1 heterocycles. The fourth-order valence-electron chi connectivity index (χ4n) is 10.8. The summed E-state index contributed by atoms with van der Waals surface area (Å²) in [6, 6.07) is 74.6. The van der Waals surface area contributed by atoms with Crippen molar-refractivity contribution in [1.82, 2.24) is 0 Å². The topological polar surface area (TPSA) is 3.24 Å². The van der Waals surface area contributed by atoms with Gasteiger partial charge in [0.2, 0.25) is 0 Å². The van der Waals surface area contributed by atoms with Crippen LogP contribution in [0.15, 0.2) is 200 Å². The molecule has 1 nitrogen and oxygen atoms in total. The summed E-state index contributed by atoms with van der Waals surface area (Å²) in [7, 11) is 0. The molecule has 58 heavy (non-hydrogen) atoms. The van der Waals surface area contributed by atoms with E-state index in [0.717, 1.165) is 11.4 Å². The monoisotopic (exact) mass is 757 g/mol. The zero-order valence-corrected chi connectivity index (χ0v) is 33.2. The Morgan fingerprint density at radius 3 is 1.74 bits per heavy atom. The number of hydrogen-bond donors (Lipinski definition) is 0. The van der Waals surface area contributed by atoms with Crippen LogP contribution >= 0.6 is 11.3 Å². The lowest BCUT2D eigenvalue weighted by molar-refractivity contribution is 0.667. The Balaban J connectivity index is 1.19. The largest absolute Gasteiger partial charge is 0.310 e. The van der Waals surface area contributed by atoms with Gasteiger partial charge in [-0.15, -0.1) is 11.3 Å². The molecule has 0 unspecified atom stereocenters. The van der Waals surface area contributed by atoms with Gasteiger partial charge in [-0.2, -0.15) is 0 Å². The molecule has 2 aliphatic carbocycles. The van der Waals surface area contributed by atoms with Crippen LogP contribution < -0.4 is 4.90 Å². The minimum absolute atomic E-state index is 0.183. The fraction of sp³-hybridized carbons (Fsp3) is 0.0714. The van der Waals surface area contributed by atoms with E-state index in [1.54, 1.807) is 0 Å². The standard InChI is InChI=1S/C56H39NS/c1-55(2)45-29-16-15-28-44(45)50-42-26-12-13-27-43(42)54-52(53(50)55)51-48(31-18-32-49(51)58-54)57(38-23-10-5-11-24-38)39-33-34-41-40-25-14-17-30-46(40)56(47(41)35-39,36-19-6-3-7-20-36)37-21-8-4-9-22-37/h3-35H,1-2H3. The molecule has 0 atom stereocenters. The van der Waals surface area contributed by atoms with Gasteiger partial charge >= 0.3 is 0 Å². The summed E-state index contributed by atoms with van der Waals surface area (Å²) < 4.78 is 2.66. The second-order valence-corrected chi connectivity index (χ2v) is 17.4. The van der Waals surface area contributed by atoms with E-state index in [1.165, 1.54) is 92.3 Å². The number of hydrogen-bond acceptors (Lipinski definition) is 2. The number of benzene rings is 9. The minimum atomic E-state index is -0.497. The van der Waals surface area contributed by atoms with Gasteiger partial charge in [0, 0.05) is 42.3 Å². The van der Waals surface area contributed by atoms with Crippen LogP contribution in [-0.4, -0.2) is 0 Å². The first-order chi connectivity index (χ1) is 28.6. The first-order valence-corrected chi connectivity index (χ1v) is 21.1. The second kappa shape index (κ2) is 12.4. The van der Waals surface area contributed by atoms with E-state index in [9.17, 15) is 0 Å². The van der Waals surface area contributed by atoms with E-state index in [4.69, 9.17) is 0 Å². The molecule has 12 rings (SSSR count). The van der Waals surface area contributed by atoms with Crippen LogP contribution in [0, 0.1) is 0 Å². The number of para-hydroxylation sites is 1. The molecule has 0 saturated heterocycles. The summed E-state index contributed by atoms with van der Waals surface area (Å²) in [4.78, 5) is 2.52. The summed E-state index contributed by atoms with van der Waals surface area (Å²) in [5.41, 5.74) is 16.1. The molecule has 274 valence electrons. The summed E-state index contributed by atoms with van der Waals surface area (Å²) in [5, 5.41) is 5.36. The highest BCUT2D eigenvalue weighted by atomic mass is 32.1. The zero-order chi connectivity index (χ0) is 38.6. The molecule has 0 aliphatic heterocycles. The van der Waals surface area contributed by atoms with E-state index in [-0.39, 0.29) is 5.41 Å². The van der Waals surface area contributed by atoms with E-state index < -0.39 is 5.41 Å². The SMILES string of the molecule is CC1(C)c2ccccc2-c2c1c1c(sc3cccc(N(c4ccccc4)c4ccc5c(c4)C(c4ccccc4)(c4ccccc4)c4ccccc4-5)c31)c1ccccc21. The van der Waals surface area contributed by atoms with E-state index in [0.29, 0.717) is 0 Å². The third-order valence-corrected chi connectivity index (χ3v) is 14.3. The number of nitrogens with zero attached hydrogens (tertiary/aromatic N) is 1. The van der Waals surface area contributed by atoms with Crippen LogP contribution in [0.1, 0.15) is 47.2 Å². The average Bonchev–Trinajstić information content (AvgIpc) is 3.89. The quantitative estimate of drug-likeness (QED) is 0.169. The predicted octanol–water partition coefficient (Wildman–Crippen LogP) is 15.3. The Hall–Kier alpha value is -6.74.